The van der Waals surface area contributed by atoms with Gasteiger partial charge in [-0.1, -0.05) is 6.92 Å². The number of hydrogen-bond donors (Lipinski definition) is 1. The smallest absolute Gasteiger partial charge is 0.163 e. The van der Waals surface area contributed by atoms with Crippen LogP contribution in [0.25, 0.3) is 11.4 Å². The third kappa shape index (κ3) is 1.79. The van der Waals surface area contributed by atoms with Crippen molar-refractivity contribution in [2.75, 3.05) is 5.73 Å². The number of anilines is 1. The van der Waals surface area contributed by atoms with Crippen molar-refractivity contribution in [3.8, 4) is 11.4 Å². The van der Waals surface area contributed by atoms with Crippen LogP contribution in [0.5, 0.6) is 0 Å². The van der Waals surface area contributed by atoms with Crippen LogP contribution in [0.4, 0.5) is 5.69 Å². The second-order valence-corrected chi connectivity index (χ2v) is 4.81. The highest BCUT2D eigenvalue weighted by atomic mass is 15.3. The van der Waals surface area contributed by atoms with E-state index < -0.39 is 0 Å². The maximum absolute atomic E-state index is 5.69. The molecule has 2 N–H and O–H groups in total. The first-order valence-electron chi connectivity index (χ1n) is 6.02. The van der Waals surface area contributed by atoms with Crippen molar-refractivity contribution >= 4 is 5.69 Å². The first kappa shape index (κ1) is 10.3. The SMILES string of the molecule is CC1CCn2c(nnc2-c2ccc(N)cc2)C1. The van der Waals surface area contributed by atoms with Crippen LogP contribution in [0.15, 0.2) is 24.3 Å². The summed E-state index contributed by atoms with van der Waals surface area (Å²) in [7, 11) is 0. The Morgan fingerprint density at radius 3 is 2.76 bits per heavy atom. The Labute approximate surface area is 100 Å². The summed E-state index contributed by atoms with van der Waals surface area (Å²) in [5.41, 5.74) is 7.56. The lowest BCUT2D eigenvalue weighted by Crippen LogP contribution is -2.17. The van der Waals surface area contributed by atoms with Crippen LogP contribution in [-0.2, 0) is 13.0 Å². The van der Waals surface area contributed by atoms with Gasteiger partial charge >= 0.3 is 0 Å². The molecule has 4 nitrogen and oxygen atoms in total. The minimum atomic E-state index is 0.714. The van der Waals surface area contributed by atoms with Crippen LogP contribution in [0.3, 0.4) is 0 Å². The number of rotatable bonds is 1. The lowest BCUT2D eigenvalue weighted by atomic mass is 10.00. The summed E-state index contributed by atoms with van der Waals surface area (Å²) in [6, 6.07) is 7.82. The standard InChI is InChI=1S/C13H16N4/c1-9-6-7-17-12(8-9)15-16-13(17)10-2-4-11(14)5-3-10/h2-5,9H,6-8,14H2,1H3. The van der Waals surface area contributed by atoms with Crippen molar-refractivity contribution in [1.29, 1.82) is 0 Å². The van der Waals surface area contributed by atoms with Crippen molar-refractivity contribution in [1.82, 2.24) is 14.8 Å². The fraction of sp³-hybridized carbons (Fsp3) is 0.385. The Balaban J connectivity index is 2.02. The monoisotopic (exact) mass is 228 g/mol. The van der Waals surface area contributed by atoms with E-state index in [0.717, 1.165) is 35.9 Å². The molecule has 3 rings (SSSR count). The maximum atomic E-state index is 5.69. The van der Waals surface area contributed by atoms with E-state index in [1.807, 2.05) is 24.3 Å². The molecule has 0 bridgehead atoms. The first-order chi connectivity index (χ1) is 8.24. The summed E-state index contributed by atoms with van der Waals surface area (Å²) in [6.45, 7) is 3.28. The molecule has 2 aromatic rings. The predicted octanol–water partition coefficient (Wildman–Crippen LogP) is 2.11. The number of nitrogens with zero attached hydrogens (tertiary/aromatic N) is 3. The summed E-state index contributed by atoms with van der Waals surface area (Å²) in [6.07, 6.45) is 2.23. The highest BCUT2D eigenvalue weighted by molar-refractivity contribution is 5.59. The number of nitrogen functional groups attached to an aromatic ring is 1. The molecule has 0 radical (unpaired) electrons. The van der Waals surface area contributed by atoms with E-state index in [9.17, 15) is 0 Å². The topological polar surface area (TPSA) is 56.7 Å². The lowest BCUT2D eigenvalue weighted by molar-refractivity contribution is 0.411. The summed E-state index contributed by atoms with van der Waals surface area (Å²) in [5.74, 6) is 2.79. The van der Waals surface area contributed by atoms with Gasteiger partial charge in [-0.3, -0.25) is 0 Å². The fourth-order valence-corrected chi connectivity index (χ4v) is 2.33. The molecule has 4 heteroatoms. The molecule has 88 valence electrons. The number of benzene rings is 1. The van der Waals surface area contributed by atoms with Crippen LogP contribution >= 0.6 is 0 Å². The molecular weight excluding hydrogens is 212 g/mol. The molecule has 0 spiro atoms. The van der Waals surface area contributed by atoms with E-state index in [0.29, 0.717) is 5.92 Å². The van der Waals surface area contributed by atoms with Crippen molar-refractivity contribution in [3.63, 3.8) is 0 Å². The summed E-state index contributed by atoms with van der Waals surface area (Å²) < 4.78 is 2.23. The summed E-state index contributed by atoms with van der Waals surface area (Å²) in [5, 5.41) is 8.59. The van der Waals surface area contributed by atoms with Crippen LogP contribution in [-0.4, -0.2) is 14.8 Å². The van der Waals surface area contributed by atoms with Gasteiger partial charge in [-0.25, -0.2) is 0 Å². The molecule has 1 aromatic heterocycles. The molecule has 0 fully saturated rings. The highest BCUT2D eigenvalue weighted by Gasteiger charge is 2.20. The number of fused-ring (bicyclic) bond motifs is 1. The Kier molecular flexibility index (Phi) is 2.35. The van der Waals surface area contributed by atoms with E-state index >= 15 is 0 Å². The Morgan fingerprint density at radius 1 is 1.24 bits per heavy atom. The van der Waals surface area contributed by atoms with Crippen LogP contribution in [0.1, 0.15) is 19.2 Å². The van der Waals surface area contributed by atoms with Gasteiger partial charge in [0, 0.05) is 24.2 Å². The van der Waals surface area contributed by atoms with Gasteiger partial charge in [0.1, 0.15) is 5.82 Å². The Bertz CT molecular complexity index is 527. The molecule has 1 aliphatic rings. The number of aromatic nitrogens is 3. The molecule has 2 heterocycles. The van der Waals surface area contributed by atoms with E-state index in [-0.39, 0.29) is 0 Å². The van der Waals surface area contributed by atoms with E-state index in [1.54, 1.807) is 0 Å². The Hall–Kier alpha value is -1.84. The van der Waals surface area contributed by atoms with Gasteiger partial charge in [0.15, 0.2) is 5.82 Å². The van der Waals surface area contributed by atoms with Gasteiger partial charge < -0.3 is 10.3 Å². The molecule has 1 atom stereocenters. The third-order valence-corrected chi connectivity index (χ3v) is 3.37. The van der Waals surface area contributed by atoms with Gasteiger partial charge in [-0.05, 0) is 36.6 Å². The van der Waals surface area contributed by atoms with Crippen molar-refractivity contribution in [3.05, 3.63) is 30.1 Å². The minimum absolute atomic E-state index is 0.714. The average Bonchev–Trinajstić information content (AvgIpc) is 2.73. The molecule has 1 unspecified atom stereocenters. The van der Waals surface area contributed by atoms with Crippen molar-refractivity contribution < 1.29 is 0 Å². The zero-order chi connectivity index (χ0) is 11.8. The number of nitrogens with two attached hydrogens (primary N) is 1. The normalized spacial score (nSPS) is 19.0. The lowest BCUT2D eigenvalue weighted by Gasteiger charge is -2.20. The van der Waals surface area contributed by atoms with Crippen molar-refractivity contribution in [2.45, 2.75) is 26.3 Å². The van der Waals surface area contributed by atoms with E-state index in [2.05, 4.69) is 21.7 Å². The van der Waals surface area contributed by atoms with Gasteiger partial charge in [-0.2, -0.15) is 0 Å². The highest BCUT2D eigenvalue weighted by Crippen LogP contribution is 2.25. The summed E-state index contributed by atoms with van der Waals surface area (Å²) in [4.78, 5) is 0. The second kappa shape index (κ2) is 3.87. The van der Waals surface area contributed by atoms with Crippen LogP contribution in [0.2, 0.25) is 0 Å². The average molecular weight is 228 g/mol. The fourth-order valence-electron chi connectivity index (χ4n) is 2.33. The zero-order valence-electron chi connectivity index (χ0n) is 9.93. The second-order valence-electron chi connectivity index (χ2n) is 4.81. The van der Waals surface area contributed by atoms with E-state index in [1.165, 1.54) is 6.42 Å². The van der Waals surface area contributed by atoms with Gasteiger partial charge in [0.05, 0.1) is 0 Å². The number of hydrogen-bond acceptors (Lipinski definition) is 3. The van der Waals surface area contributed by atoms with Crippen molar-refractivity contribution in [2.24, 2.45) is 5.92 Å². The van der Waals surface area contributed by atoms with E-state index in [4.69, 9.17) is 5.73 Å². The summed E-state index contributed by atoms with van der Waals surface area (Å²) >= 11 is 0. The van der Waals surface area contributed by atoms with Gasteiger partial charge in [0.25, 0.3) is 0 Å². The van der Waals surface area contributed by atoms with Gasteiger partial charge in [-0.15, -0.1) is 10.2 Å². The van der Waals surface area contributed by atoms with Gasteiger partial charge in [0.2, 0.25) is 0 Å². The maximum Gasteiger partial charge on any atom is 0.163 e. The molecular formula is C13H16N4. The minimum Gasteiger partial charge on any atom is -0.399 e. The molecule has 0 saturated carbocycles. The predicted molar refractivity (Wildman–Crippen MR) is 67.4 cm³/mol. The molecule has 1 aromatic carbocycles. The Morgan fingerprint density at radius 2 is 2.00 bits per heavy atom. The molecule has 0 saturated heterocycles. The van der Waals surface area contributed by atoms with Crippen LogP contribution in [0, 0.1) is 5.92 Å². The third-order valence-electron chi connectivity index (χ3n) is 3.37. The molecule has 0 aliphatic carbocycles. The first-order valence-corrected chi connectivity index (χ1v) is 6.02. The molecule has 0 amide bonds. The zero-order valence-corrected chi connectivity index (χ0v) is 9.93. The molecule has 17 heavy (non-hydrogen) atoms. The quantitative estimate of drug-likeness (QED) is 0.760. The van der Waals surface area contributed by atoms with Crippen LogP contribution < -0.4 is 5.73 Å². The largest absolute Gasteiger partial charge is 0.399 e. The molecule has 1 aliphatic heterocycles.